The van der Waals surface area contributed by atoms with Gasteiger partial charge in [0.25, 0.3) is 0 Å². The summed E-state index contributed by atoms with van der Waals surface area (Å²) in [5, 5.41) is 5.01. The number of nitrogens with zero attached hydrogens (tertiary/aromatic N) is 1. The van der Waals surface area contributed by atoms with Crippen molar-refractivity contribution < 1.29 is 19.1 Å². The van der Waals surface area contributed by atoms with Crippen molar-refractivity contribution in [3.8, 4) is 11.5 Å². The first-order chi connectivity index (χ1) is 13.5. The molecule has 28 heavy (non-hydrogen) atoms. The smallest absolute Gasteiger partial charge is 0.321 e. The van der Waals surface area contributed by atoms with Gasteiger partial charge in [-0.25, -0.2) is 4.79 Å². The number of rotatable bonds is 9. The number of carbonyl (C=O) groups is 2. The van der Waals surface area contributed by atoms with Gasteiger partial charge in [-0.3, -0.25) is 15.0 Å². The number of benzene rings is 2. The molecule has 2 aromatic rings. The molecule has 2 rings (SSSR count). The zero-order valence-electron chi connectivity index (χ0n) is 16.5. The maximum absolute atomic E-state index is 12.1. The van der Waals surface area contributed by atoms with Crippen LogP contribution in [0.2, 0.25) is 0 Å². The molecule has 0 radical (unpaired) electrons. The van der Waals surface area contributed by atoms with Crippen LogP contribution in [0.25, 0.3) is 0 Å². The summed E-state index contributed by atoms with van der Waals surface area (Å²) in [6, 6.07) is 14.6. The topological polar surface area (TPSA) is 79.9 Å². The Kier molecular flexibility index (Phi) is 8.30. The summed E-state index contributed by atoms with van der Waals surface area (Å²) < 4.78 is 10.8. The zero-order chi connectivity index (χ0) is 20.4. The molecule has 150 valence electrons. The van der Waals surface area contributed by atoms with Crippen LogP contribution in [-0.4, -0.2) is 44.1 Å². The zero-order valence-corrected chi connectivity index (χ0v) is 16.5. The first-order valence-electron chi connectivity index (χ1n) is 9.11. The first-order valence-corrected chi connectivity index (χ1v) is 9.11. The highest BCUT2D eigenvalue weighted by Crippen LogP contribution is 2.28. The van der Waals surface area contributed by atoms with Crippen LogP contribution in [0.3, 0.4) is 0 Å². The molecule has 0 saturated carbocycles. The van der Waals surface area contributed by atoms with Gasteiger partial charge in [-0.1, -0.05) is 36.4 Å². The van der Waals surface area contributed by atoms with Gasteiger partial charge in [0.1, 0.15) is 0 Å². The van der Waals surface area contributed by atoms with Crippen molar-refractivity contribution in [2.45, 2.75) is 20.0 Å². The lowest BCUT2D eigenvalue weighted by Crippen LogP contribution is -2.43. The van der Waals surface area contributed by atoms with E-state index in [4.69, 9.17) is 9.47 Å². The van der Waals surface area contributed by atoms with Crippen molar-refractivity contribution in [1.82, 2.24) is 15.5 Å². The Morgan fingerprint density at radius 3 is 2.46 bits per heavy atom. The minimum Gasteiger partial charge on any atom is -0.493 e. The van der Waals surface area contributed by atoms with Gasteiger partial charge in [0, 0.05) is 13.1 Å². The lowest BCUT2D eigenvalue weighted by atomic mass is 10.2. The molecule has 0 atom stereocenters. The van der Waals surface area contributed by atoms with E-state index in [1.165, 1.54) is 0 Å². The number of imide groups is 1. The number of likely N-dealkylation sites (N-methyl/N-ethyl adjacent to an activating group) is 1. The molecule has 0 heterocycles. The van der Waals surface area contributed by atoms with Crippen molar-refractivity contribution in [3.63, 3.8) is 0 Å². The molecule has 0 aromatic heterocycles. The largest absolute Gasteiger partial charge is 0.493 e. The molecule has 0 bridgehead atoms. The fraction of sp³-hybridized carbons (Fsp3) is 0.333. The second-order valence-electron chi connectivity index (χ2n) is 6.31. The van der Waals surface area contributed by atoms with Crippen LogP contribution in [0, 0.1) is 0 Å². The molecule has 0 aliphatic carbocycles. The van der Waals surface area contributed by atoms with E-state index in [2.05, 4.69) is 10.6 Å². The lowest BCUT2D eigenvalue weighted by Gasteiger charge is -2.17. The molecule has 0 aliphatic heterocycles. The van der Waals surface area contributed by atoms with E-state index in [1.54, 1.807) is 7.11 Å². The molecule has 2 aromatic carbocycles. The van der Waals surface area contributed by atoms with E-state index in [-0.39, 0.29) is 12.5 Å². The molecule has 3 amide bonds. The quantitative estimate of drug-likeness (QED) is 0.693. The van der Waals surface area contributed by atoms with Gasteiger partial charge >= 0.3 is 6.03 Å². The van der Waals surface area contributed by atoms with E-state index in [0.717, 1.165) is 11.1 Å². The van der Waals surface area contributed by atoms with Crippen molar-refractivity contribution >= 4 is 11.9 Å². The van der Waals surface area contributed by atoms with E-state index in [1.807, 2.05) is 67.4 Å². The van der Waals surface area contributed by atoms with Gasteiger partial charge in [0.15, 0.2) is 11.5 Å². The average Bonchev–Trinajstić information content (AvgIpc) is 2.68. The summed E-state index contributed by atoms with van der Waals surface area (Å²) in [7, 11) is 3.40. The highest BCUT2D eigenvalue weighted by atomic mass is 16.5. The van der Waals surface area contributed by atoms with Gasteiger partial charge in [0.2, 0.25) is 5.91 Å². The van der Waals surface area contributed by atoms with Crippen LogP contribution in [-0.2, 0) is 17.9 Å². The van der Waals surface area contributed by atoms with E-state index in [0.29, 0.717) is 31.2 Å². The summed E-state index contributed by atoms with van der Waals surface area (Å²) >= 11 is 0. The van der Waals surface area contributed by atoms with Crippen molar-refractivity contribution in [2.75, 3.05) is 27.3 Å². The van der Waals surface area contributed by atoms with Crippen LogP contribution in [0.15, 0.2) is 48.5 Å². The average molecular weight is 385 g/mol. The Morgan fingerprint density at radius 2 is 1.79 bits per heavy atom. The third-order valence-corrected chi connectivity index (χ3v) is 3.94. The standard InChI is InChI=1S/C21H27N3O4/c1-4-28-18-11-10-17(12-19(18)27-3)14-24(2)15-20(25)23-21(26)22-13-16-8-6-5-7-9-16/h5-12H,4,13-15H2,1-3H3,(H2,22,23,25,26). The van der Waals surface area contributed by atoms with E-state index < -0.39 is 6.03 Å². The summed E-state index contributed by atoms with van der Waals surface area (Å²) in [5.41, 5.74) is 1.94. The molecule has 7 heteroatoms. The monoisotopic (exact) mass is 385 g/mol. The Balaban J connectivity index is 1.79. The first kappa shape index (κ1) is 21.2. The minimum atomic E-state index is -0.509. The molecular weight excluding hydrogens is 358 g/mol. The van der Waals surface area contributed by atoms with Gasteiger partial charge in [-0.05, 0) is 37.2 Å². The highest BCUT2D eigenvalue weighted by Gasteiger charge is 2.12. The van der Waals surface area contributed by atoms with Crippen LogP contribution < -0.4 is 20.1 Å². The van der Waals surface area contributed by atoms with Gasteiger partial charge in [-0.2, -0.15) is 0 Å². The summed E-state index contributed by atoms with van der Waals surface area (Å²) in [6.45, 7) is 3.45. The lowest BCUT2D eigenvalue weighted by molar-refractivity contribution is -0.120. The predicted molar refractivity (Wildman–Crippen MR) is 107 cm³/mol. The molecule has 0 aliphatic rings. The molecular formula is C21H27N3O4. The second-order valence-corrected chi connectivity index (χ2v) is 6.31. The number of amides is 3. The molecule has 0 unspecified atom stereocenters. The van der Waals surface area contributed by atoms with Crippen molar-refractivity contribution in [1.29, 1.82) is 0 Å². The third kappa shape index (κ3) is 6.92. The van der Waals surface area contributed by atoms with Crippen LogP contribution in [0.5, 0.6) is 11.5 Å². The summed E-state index contributed by atoms with van der Waals surface area (Å²) in [4.78, 5) is 25.7. The Labute approximate surface area is 165 Å². The molecule has 0 spiro atoms. The van der Waals surface area contributed by atoms with E-state index >= 15 is 0 Å². The Hall–Kier alpha value is -3.06. The van der Waals surface area contributed by atoms with Crippen LogP contribution in [0.4, 0.5) is 4.79 Å². The summed E-state index contributed by atoms with van der Waals surface area (Å²) in [5.74, 6) is 0.965. The van der Waals surface area contributed by atoms with Crippen LogP contribution >= 0.6 is 0 Å². The Bertz CT molecular complexity index is 780. The Morgan fingerprint density at radius 1 is 1.04 bits per heavy atom. The van der Waals surface area contributed by atoms with Gasteiger partial charge in [-0.15, -0.1) is 0 Å². The number of carbonyl (C=O) groups excluding carboxylic acids is 2. The minimum absolute atomic E-state index is 0.0916. The molecule has 0 saturated heterocycles. The SMILES string of the molecule is CCOc1ccc(CN(C)CC(=O)NC(=O)NCc2ccccc2)cc1OC. The van der Waals surface area contributed by atoms with Gasteiger partial charge < -0.3 is 14.8 Å². The number of methoxy groups -OCH3 is 1. The van der Waals surface area contributed by atoms with Gasteiger partial charge in [0.05, 0.1) is 20.3 Å². The second kappa shape index (κ2) is 10.9. The normalized spacial score (nSPS) is 10.4. The maximum atomic E-state index is 12.1. The van der Waals surface area contributed by atoms with E-state index in [9.17, 15) is 9.59 Å². The third-order valence-electron chi connectivity index (χ3n) is 3.94. The van der Waals surface area contributed by atoms with Crippen molar-refractivity contribution in [3.05, 3.63) is 59.7 Å². The molecule has 2 N–H and O–H groups in total. The van der Waals surface area contributed by atoms with Crippen LogP contribution in [0.1, 0.15) is 18.1 Å². The number of nitrogens with one attached hydrogen (secondary N) is 2. The maximum Gasteiger partial charge on any atom is 0.321 e. The fourth-order valence-electron chi connectivity index (χ4n) is 2.69. The number of urea groups is 1. The van der Waals surface area contributed by atoms with Crippen molar-refractivity contribution in [2.24, 2.45) is 0 Å². The number of hydrogen-bond acceptors (Lipinski definition) is 5. The number of hydrogen-bond donors (Lipinski definition) is 2. The number of ether oxygens (including phenoxy) is 2. The fourth-order valence-corrected chi connectivity index (χ4v) is 2.69. The highest BCUT2D eigenvalue weighted by molar-refractivity contribution is 5.95. The molecule has 0 fully saturated rings. The predicted octanol–water partition coefficient (Wildman–Crippen LogP) is 2.55. The molecule has 7 nitrogen and oxygen atoms in total. The summed E-state index contributed by atoms with van der Waals surface area (Å²) in [6.07, 6.45) is 0.